The lowest BCUT2D eigenvalue weighted by molar-refractivity contribution is -0.124. The molecule has 0 radical (unpaired) electrons. The van der Waals surface area contributed by atoms with Crippen LogP contribution in [0.2, 0.25) is 0 Å². The Labute approximate surface area is 108 Å². The van der Waals surface area contributed by atoms with Gasteiger partial charge in [-0.2, -0.15) is 0 Å². The second-order valence-corrected chi connectivity index (χ2v) is 5.45. The van der Waals surface area contributed by atoms with Crippen molar-refractivity contribution in [3.63, 3.8) is 0 Å². The third-order valence-corrected chi connectivity index (χ3v) is 4.52. The number of hydrogen-bond acceptors (Lipinski definition) is 2. The number of amides is 1. The molecule has 0 atom stereocenters. The van der Waals surface area contributed by atoms with Crippen LogP contribution in [0.1, 0.15) is 25.3 Å². The van der Waals surface area contributed by atoms with Gasteiger partial charge in [-0.1, -0.05) is 18.2 Å². The monoisotopic (exact) mass is 244 g/mol. The average molecular weight is 244 g/mol. The van der Waals surface area contributed by atoms with Crippen LogP contribution < -0.4 is 4.90 Å². The molecule has 0 N–H and O–H groups in total. The number of benzene rings is 1. The molecule has 3 heteroatoms. The van der Waals surface area contributed by atoms with Gasteiger partial charge in [0.05, 0.1) is 5.41 Å². The third kappa shape index (κ3) is 1.43. The molecule has 3 rings (SSSR count). The average Bonchev–Trinajstić information content (AvgIpc) is 2.63. The number of hydrogen-bond donors (Lipinski definition) is 0. The molecule has 0 aliphatic carbocycles. The first-order valence-corrected chi connectivity index (χ1v) is 6.79. The lowest BCUT2D eigenvalue weighted by Gasteiger charge is -2.36. The number of rotatable bonds is 1. The molecule has 18 heavy (non-hydrogen) atoms. The summed E-state index contributed by atoms with van der Waals surface area (Å²) >= 11 is 0. The molecule has 96 valence electrons. The van der Waals surface area contributed by atoms with Gasteiger partial charge in [-0.3, -0.25) is 4.79 Å². The Morgan fingerprint density at radius 1 is 1.22 bits per heavy atom. The van der Waals surface area contributed by atoms with Crippen LogP contribution in [0.3, 0.4) is 0 Å². The van der Waals surface area contributed by atoms with Gasteiger partial charge in [-0.05, 0) is 51.5 Å². The Morgan fingerprint density at radius 2 is 1.89 bits per heavy atom. The van der Waals surface area contributed by atoms with Gasteiger partial charge in [0.15, 0.2) is 0 Å². The number of nitrogens with zero attached hydrogens (tertiary/aromatic N) is 2. The van der Waals surface area contributed by atoms with Crippen molar-refractivity contribution in [2.45, 2.75) is 25.2 Å². The van der Waals surface area contributed by atoms with Gasteiger partial charge in [0, 0.05) is 12.2 Å². The van der Waals surface area contributed by atoms with Crippen molar-refractivity contribution in [3.8, 4) is 0 Å². The number of likely N-dealkylation sites (tertiary alicyclic amines) is 1. The summed E-state index contributed by atoms with van der Waals surface area (Å²) in [5, 5.41) is 0. The van der Waals surface area contributed by atoms with Crippen molar-refractivity contribution in [2.24, 2.45) is 0 Å². The van der Waals surface area contributed by atoms with Crippen LogP contribution >= 0.6 is 0 Å². The molecule has 1 aromatic carbocycles. The zero-order valence-electron chi connectivity index (χ0n) is 11.1. The van der Waals surface area contributed by atoms with Crippen LogP contribution in [0, 0.1) is 0 Å². The lowest BCUT2D eigenvalue weighted by Crippen LogP contribution is -2.47. The number of para-hydroxylation sites is 1. The van der Waals surface area contributed by atoms with E-state index in [2.05, 4.69) is 37.1 Å². The fraction of sp³-hybridized carbons (Fsp3) is 0.533. The fourth-order valence-corrected chi connectivity index (χ4v) is 3.39. The molecule has 0 unspecified atom stereocenters. The summed E-state index contributed by atoms with van der Waals surface area (Å²) in [4.78, 5) is 17.1. The van der Waals surface area contributed by atoms with E-state index in [0.717, 1.165) is 38.2 Å². The molecule has 1 aromatic rings. The number of anilines is 1. The smallest absolute Gasteiger partial charge is 0.237 e. The van der Waals surface area contributed by atoms with E-state index in [-0.39, 0.29) is 5.41 Å². The van der Waals surface area contributed by atoms with E-state index in [0.29, 0.717) is 5.91 Å². The van der Waals surface area contributed by atoms with Gasteiger partial charge in [-0.15, -0.1) is 0 Å². The molecular weight excluding hydrogens is 224 g/mol. The van der Waals surface area contributed by atoms with Gasteiger partial charge in [-0.25, -0.2) is 0 Å². The van der Waals surface area contributed by atoms with Gasteiger partial charge in [0.2, 0.25) is 5.91 Å². The van der Waals surface area contributed by atoms with Gasteiger partial charge >= 0.3 is 0 Å². The summed E-state index contributed by atoms with van der Waals surface area (Å²) in [5.41, 5.74) is 2.15. The van der Waals surface area contributed by atoms with Crippen LogP contribution in [0.4, 0.5) is 5.69 Å². The van der Waals surface area contributed by atoms with Crippen LogP contribution in [0.25, 0.3) is 0 Å². The van der Waals surface area contributed by atoms with Gasteiger partial charge in [0.25, 0.3) is 0 Å². The van der Waals surface area contributed by atoms with Crippen LogP contribution in [-0.4, -0.2) is 37.5 Å². The molecule has 1 saturated heterocycles. The zero-order chi connectivity index (χ0) is 12.8. The molecule has 3 nitrogen and oxygen atoms in total. The van der Waals surface area contributed by atoms with E-state index in [4.69, 9.17) is 0 Å². The Balaban J connectivity index is 2.08. The summed E-state index contributed by atoms with van der Waals surface area (Å²) in [6.07, 6.45) is 1.91. The Kier molecular flexibility index (Phi) is 2.67. The van der Waals surface area contributed by atoms with Crippen molar-refractivity contribution in [2.75, 3.05) is 31.6 Å². The Bertz CT molecular complexity index is 475. The first kappa shape index (κ1) is 11.7. The van der Waals surface area contributed by atoms with Crippen LogP contribution in [-0.2, 0) is 10.2 Å². The van der Waals surface area contributed by atoms with Crippen molar-refractivity contribution >= 4 is 11.6 Å². The van der Waals surface area contributed by atoms with Crippen molar-refractivity contribution in [1.82, 2.24) is 4.90 Å². The predicted molar refractivity (Wildman–Crippen MR) is 72.9 cm³/mol. The number of fused-ring (bicyclic) bond motifs is 2. The minimum Gasteiger partial charge on any atom is -0.312 e. The Morgan fingerprint density at radius 3 is 2.56 bits per heavy atom. The first-order valence-electron chi connectivity index (χ1n) is 6.79. The SMILES string of the molecule is CCN1C(=O)C2(CCN(C)CC2)c2ccccc21. The second kappa shape index (κ2) is 4.09. The topological polar surface area (TPSA) is 23.6 Å². The molecule has 2 aliphatic rings. The quantitative estimate of drug-likeness (QED) is 0.754. The molecule has 1 amide bonds. The van der Waals surface area contributed by atoms with E-state index in [1.165, 1.54) is 5.56 Å². The molecule has 0 saturated carbocycles. The Hall–Kier alpha value is -1.35. The van der Waals surface area contributed by atoms with E-state index >= 15 is 0 Å². The largest absolute Gasteiger partial charge is 0.312 e. The van der Waals surface area contributed by atoms with Crippen molar-refractivity contribution in [3.05, 3.63) is 29.8 Å². The number of likely N-dealkylation sites (N-methyl/N-ethyl adjacent to an activating group) is 1. The summed E-state index contributed by atoms with van der Waals surface area (Å²) in [7, 11) is 2.13. The normalized spacial score (nSPS) is 22.6. The number of carbonyl (C=O) groups excluding carboxylic acids is 1. The molecule has 0 aromatic heterocycles. The van der Waals surface area contributed by atoms with Crippen molar-refractivity contribution in [1.29, 1.82) is 0 Å². The summed E-state index contributed by atoms with van der Waals surface area (Å²) in [5.74, 6) is 0.319. The van der Waals surface area contributed by atoms with E-state index in [1.807, 2.05) is 11.0 Å². The highest BCUT2D eigenvalue weighted by Crippen LogP contribution is 2.47. The minimum absolute atomic E-state index is 0.237. The summed E-state index contributed by atoms with van der Waals surface area (Å²) in [6, 6.07) is 8.33. The van der Waals surface area contributed by atoms with E-state index < -0.39 is 0 Å². The minimum atomic E-state index is -0.237. The van der Waals surface area contributed by atoms with Crippen LogP contribution in [0.5, 0.6) is 0 Å². The number of carbonyl (C=O) groups is 1. The first-order chi connectivity index (χ1) is 8.69. The van der Waals surface area contributed by atoms with Gasteiger partial charge < -0.3 is 9.80 Å². The third-order valence-electron chi connectivity index (χ3n) is 4.52. The molecule has 1 fully saturated rings. The molecule has 2 heterocycles. The maximum absolute atomic E-state index is 12.8. The summed E-state index contributed by atoms with van der Waals surface area (Å²) < 4.78 is 0. The standard InChI is InChI=1S/C15H20N2O/c1-3-17-13-7-5-4-6-12(13)15(14(17)18)8-10-16(2)11-9-15/h4-7H,3,8-11H2,1-2H3. The highest BCUT2D eigenvalue weighted by atomic mass is 16.2. The molecular formula is C15H20N2O. The van der Waals surface area contributed by atoms with Gasteiger partial charge in [0.1, 0.15) is 0 Å². The highest BCUT2D eigenvalue weighted by molar-refractivity contribution is 6.08. The molecule has 0 bridgehead atoms. The van der Waals surface area contributed by atoms with Crippen LogP contribution in [0.15, 0.2) is 24.3 Å². The highest BCUT2D eigenvalue weighted by Gasteiger charge is 2.50. The van der Waals surface area contributed by atoms with E-state index in [1.54, 1.807) is 0 Å². The lowest BCUT2D eigenvalue weighted by atomic mass is 9.74. The number of piperidine rings is 1. The fourth-order valence-electron chi connectivity index (χ4n) is 3.39. The molecule has 2 aliphatic heterocycles. The maximum Gasteiger partial charge on any atom is 0.237 e. The predicted octanol–water partition coefficient (Wildman–Crippen LogP) is 2.02. The maximum atomic E-state index is 12.8. The summed E-state index contributed by atoms with van der Waals surface area (Å²) in [6.45, 7) is 4.85. The second-order valence-electron chi connectivity index (χ2n) is 5.45. The zero-order valence-corrected chi connectivity index (χ0v) is 11.1. The van der Waals surface area contributed by atoms with Crippen molar-refractivity contribution < 1.29 is 4.79 Å². The van der Waals surface area contributed by atoms with E-state index in [9.17, 15) is 4.79 Å². The molecule has 1 spiro atoms.